The minimum absolute atomic E-state index is 0.673. The monoisotopic (exact) mass is 547 g/mol. The molecule has 0 spiro atoms. The fourth-order valence-electron chi connectivity index (χ4n) is 6.60. The van der Waals surface area contributed by atoms with Crippen LogP contribution in [0.5, 0.6) is 0 Å². The molecular weight excluding hydrogens is 522 g/mol. The van der Waals surface area contributed by atoms with Gasteiger partial charge in [-0.2, -0.15) is 0 Å². The van der Waals surface area contributed by atoms with E-state index in [0.29, 0.717) is 5.95 Å². The molecule has 0 aliphatic heterocycles. The molecule has 0 fully saturated rings. The Labute approximate surface area is 248 Å². The number of nitrogens with zero attached hydrogens (tertiary/aromatic N) is 3. The molecule has 0 atom stereocenters. The van der Waals surface area contributed by atoms with Gasteiger partial charge in [0, 0.05) is 27.1 Å². The van der Waals surface area contributed by atoms with E-state index in [4.69, 9.17) is 9.97 Å². The molecule has 0 aliphatic carbocycles. The predicted octanol–water partition coefficient (Wildman–Crippen LogP) is 10.4. The number of aromatic nitrogens is 3. The molecule has 7 aromatic carbocycles. The smallest absolute Gasteiger partial charge is 0.235 e. The lowest BCUT2D eigenvalue weighted by Gasteiger charge is -2.16. The molecule has 0 bridgehead atoms. The summed E-state index contributed by atoms with van der Waals surface area (Å²) >= 11 is 0. The fourth-order valence-corrected chi connectivity index (χ4v) is 6.60. The van der Waals surface area contributed by atoms with Crippen LogP contribution >= 0.6 is 0 Å². The predicted molar refractivity (Wildman–Crippen MR) is 180 cm³/mol. The van der Waals surface area contributed by atoms with Crippen molar-refractivity contribution in [1.82, 2.24) is 14.5 Å². The molecule has 0 N–H and O–H groups in total. The van der Waals surface area contributed by atoms with Crippen LogP contribution in [0.25, 0.3) is 82.6 Å². The van der Waals surface area contributed by atoms with Crippen molar-refractivity contribution in [3.63, 3.8) is 0 Å². The summed E-state index contributed by atoms with van der Waals surface area (Å²) in [4.78, 5) is 10.7. The molecule has 2 heterocycles. The summed E-state index contributed by atoms with van der Waals surface area (Å²) in [7, 11) is 0. The number of rotatable bonds is 3. The third-order valence-corrected chi connectivity index (χ3v) is 8.58. The zero-order chi connectivity index (χ0) is 28.3. The first-order chi connectivity index (χ1) is 21.3. The second kappa shape index (κ2) is 9.37. The van der Waals surface area contributed by atoms with Crippen LogP contribution in [0.3, 0.4) is 0 Å². The van der Waals surface area contributed by atoms with Crippen LogP contribution in [0, 0.1) is 0 Å². The average Bonchev–Trinajstić information content (AvgIpc) is 3.42. The van der Waals surface area contributed by atoms with Gasteiger partial charge in [-0.05, 0) is 51.6 Å². The van der Waals surface area contributed by atoms with Crippen molar-refractivity contribution < 1.29 is 0 Å². The van der Waals surface area contributed by atoms with Crippen LogP contribution in [0.2, 0.25) is 0 Å². The first-order valence-corrected chi connectivity index (χ1v) is 14.6. The Morgan fingerprint density at radius 1 is 0.395 bits per heavy atom. The number of hydrogen-bond acceptors (Lipinski definition) is 2. The third kappa shape index (κ3) is 3.68. The summed E-state index contributed by atoms with van der Waals surface area (Å²) in [6, 6.07) is 53.7. The molecule has 0 aliphatic rings. The molecular formula is C40H25N3. The largest absolute Gasteiger partial charge is 0.278 e. The van der Waals surface area contributed by atoms with Gasteiger partial charge in [0.25, 0.3) is 0 Å². The van der Waals surface area contributed by atoms with E-state index >= 15 is 0 Å². The summed E-state index contributed by atoms with van der Waals surface area (Å²) in [6.07, 6.45) is 0. The van der Waals surface area contributed by atoms with Crippen LogP contribution in [-0.2, 0) is 0 Å². The van der Waals surface area contributed by atoms with E-state index in [2.05, 4.69) is 156 Å². The highest BCUT2D eigenvalue weighted by Crippen LogP contribution is 2.40. The van der Waals surface area contributed by atoms with Crippen LogP contribution in [-0.4, -0.2) is 14.5 Å². The highest BCUT2D eigenvalue weighted by atomic mass is 15.2. The maximum atomic E-state index is 5.37. The average molecular weight is 548 g/mol. The van der Waals surface area contributed by atoms with Crippen molar-refractivity contribution in [2.45, 2.75) is 0 Å². The Morgan fingerprint density at radius 2 is 1.00 bits per heavy atom. The third-order valence-electron chi connectivity index (χ3n) is 8.58. The summed E-state index contributed by atoms with van der Waals surface area (Å²) in [6.45, 7) is 0. The topological polar surface area (TPSA) is 30.7 Å². The molecule has 0 amide bonds. The first-order valence-electron chi connectivity index (χ1n) is 14.6. The quantitative estimate of drug-likeness (QED) is 0.206. The first kappa shape index (κ1) is 23.9. The minimum Gasteiger partial charge on any atom is -0.278 e. The maximum absolute atomic E-state index is 5.37. The van der Waals surface area contributed by atoms with Gasteiger partial charge < -0.3 is 0 Å². The lowest BCUT2D eigenvalue weighted by Crippen LogP contribution is -2.04. The van der Waals surface area contributed by atoms with Gasteiger partial charge in [-0.15, -0.1) is 0 Å². The molecule has 0 saturated carbocycles. The lowest BCUT2D eigenvalue weighted by molar-refractivity contribution is 1.02. The standard InChI is InChI=1S/C40H25N3/c1-2-13-27(14-3-1)38-35-25-34(29-23-22-26-12-4-5-15-28(26)24-29)30-16-6-7-19-33(30)39(35)42-40(41-38)43-36-20-10-8-17-31(36)32-18-9-11-21-37(32)43/h1-25H. The summed E-state index contributed by atoms with van der Waals surface area (Å²) in [5.74, 6) is 0.673. The number of hydrogen-bond donors (Lipinski definition) is 0. The Bertz CT molecular complexity index is 2450. The maximum Gasteiger partial charge on any atom is 0.235 e. The van der Waals surface area contributed by atoms with Crippen molar-refractivity contribution >= 4 is 54.3 Å². The molecule has 0 radical (unpaired) electrons. The van der Waals surface area contributed by atoms with Gasteiger partial charge in [-0.3, -0.25) is 4.57 Å². The van der Waals surface area contributed by atoms with Crippen LogP contribution in [0.15, 0.2) is 152 Å². The van der Waals surface area contributed by atoms with E-state index in [9.17, 15) is 0 Å². The normalized spacial score (nSPS) is 11.7. The second-order valence-corrected chi connectivity index (χ2v) is 11.0. The number of para-hydroxylation sites is 2. The molecule has 9 aromatic rings. The van der Waals surface area contributed by atoms with Crippen molar-refractivity contribution in [1.29, 1.82) is 0 Å². The van der Waals surface area contributed by atoms with Gasteiger partial charge in [0.15, 0.2) is 0 Å². The number of fused-ring (bicyclic) bond motifs is 7. The molecule has 0 unspecified atom stereocenters. The van der Waals surface area contributed by atoms with Gasteiger partial charge in [0.2, 0.25) is 5.95 Å². The molecule has 43 heavy (non-hydrogen) atoms. The lowest BCUT2D eigenvalue weighted by atomic mass is 9.92. The van der Waals surface area contributed by atoms with Crippen molar-refractivity contribution in [2.24, 2.45) is 0 Å². The molecule has 200 valence electrons. The highest BCUT2D eigenvalue weighted by Gasteiger charge is 2.19. The van der Waals surface area contributed by atoms with Gasteiger partial charge in [0.05, 0.1) is 22.2 Å². The Balaban J connectivity index is 1.42. The molecule has 3 nitrogen and oxygen atoms in total. The van der Waals surface area contributed by atoms with E-state index in [1.54, 1.807) is 0 Å². The van der Waals surface area contributed by atoms with E-state index < -0.39 is 0 Å². The van der Waals surface area contributed by atoms with Crippen molar-refractivity contribution in [3.8, 4) is 28.3 Å². The molecule has 2 aromatic heterocycles. The van der Waals surface area contributed by atoms with E-state index in [1.807, 2.05) is 0 Å². The second-order valence-electron chi connectivity index (χ2n) is 11.0. The van der Waals surface area contributed by atoms with Crippen LogP contribution in [0.4, 0.5) is 0 Å². The van der Waals surface area contributed by atoms with E-state index in [-0.39, 0.29) is 0 Å². The van der Waals surface area contributed by atoms with Crippen LogP contribution in [0.1, 0.15) is 0 Å². The summed E-state index contributed by atoms with van der Waals surface area (Å²) < 4.78 is 2.21. The Hall–Kier alpha value is -5.80. The molecule has 3 heteroatoms. The molecule has 0 saturated heterocycles. The van der Waals surface area contributed by atoms with Crippen LogP contribution < -0.4 is 0 Å². The van der Waals surface area contributed by atoms with Gasteiger partial charge in [-0.25, -0.2) is 9.97 Å². The fraction of sp³-hybridized carbons (Fsp3) is 0. The van der Waals surface area contributed by atoms with Gasteiger partial charge >= 0.3 is 0 Å². The summed E-state index contributed by atoms with van der Waals surface area (Å²) in [5, 5.41) is 8.18. The minimum atomic E-state index is 0.673. The van der Waals surface area contributed by atoms with Gasteiger partial charge in [-0.1, -0.05) is 127 Å². The van der Waals surface area contributed by atoms with E-state index in [0.717, 1.165) is 38.6 Å². The van der Waals surface area contributed by atoms with Crippen molar-refractivity contribution in [3.05, 3.63) is 152 Å². The Kier molecular flexibility index (Phi) is 5.20. The SMILES string of the molecule is c1ccc(-c2nc(-n3c4ccccc4c4ccccc43)nc3c2cc(-c2ccc4ccccc4c2)c2ccccc23)cc1. The summed E-state index contributed by atoms with van der Waals surface area (Å²) in [5.41, 5.74) is 7.50. The Morgan fingerprint density at radius 3 is 1.74 bits per heavy atom. The number of benzene rings is 7. The molecule has 9 rings (SSSR count). The highest BCUT2D eigenvalue weighted by molar-refractivity contribution is 6.16. The zero-order valence-corrected chi connectivity index (χ0v) is 23.3. The van der Waals surface area contributed by atoms with Gasteiger partial charge in [0.1, 0.15) is 0 Å². The zero-order valence-electron chi connectivity index (χ0n) is 23.3. The van der Waals surface area contributed by atoms with Crippen molar-refractivity contribution in [2.75, 3.05) is 0 Å². The van der Waals surface area contributed by atoms with E-state index in [1.165, 1.54) is 38.1 Å².